The van der Waals surface area contributed by atoms with Crippen molar-refractivity contribution in [3.05, 3.63) is 59.7 Å². The molecule has 0 radical (unpaired) electrons. The van der Waals surface area contributed by atoms with E-state index in [0.29, 0.717) is 5.92 Å². The van der Waals surface area contributed by atoms with Crippen LogP contribution >= 0.6 is 0 Å². The van der Waals surface area contributed by atoms with E-state index in [0.717, 1.165) is 30.5 Å². The van der Waals surface area contributed by atoms with Gasteiger partial charge >= 0.3 is 6.18 Å². The predicted molar refractivity (Wildman–Crippen MR) is 61.5 cm³/mol. The summed E-state index contributed by atoms with van der Waals surface area (Å²) in [5.41, 5.74) is 0.364. The van der Waals surface area contributed by atoms with Crippen LogP contribution in [0, 0.1) is 5.92 Å². The van der Waals surface area contributed by atoms with Crippen LogP contribution in [0.2, 0.25) is 0 Å². The molecule has 0 N–H and O–H groups in total. The molecule has 90 valence electrons. The molecule has 0 nitrogen and oxygen atoms in total. The van der Waals surface area contributed by atoms with Crippen LogP contribution in [0.25, 0.3) is 0 Å². The number of hydrogen-bond acceptors (Lipinski definition) is 0. The zero-order chi connectivity index (χ0) is 12.3. The van der Waals surface area contributed by atoms with E-state index >= 15 is 0 Å². The van der Waals surface area contributed by atoms with E-state index in [2.05, 4.69) is 12.2 Å². The van der Waals surface area contributed by atoms with Crippen LogP contribution in [-0.2, 0) is 12.6 Å². The van der Waals surface area contributed by atoms with Gasteiger partial charge in [-0.15, -0.1) is 0 Å². The molecule has 2 rings (SSSR count). The lowest BCUT2D eigenvalue weighted by atomic mass is 9.93. The van der Waals surface area contributed by atoms with E-state index < -0.39 is 11.7 Å². The third-order valence-electron chi connectivity index (χ3n) is 2.85. The number of halogens is 3. The molecule has 0 saturated carbocycles. The molecular formula is C14H13F3. The first-order valence-corrected chi connectivity index (χ1v) is 5.55. The average molecular weight is 238 g/mol. The van der Waals surface area contributed by atoms with Crippen LogP contribution in [-0.4, -0.2) is 0 Å². The summed E-state index contributed by atoms with van der Waals surface area (Å²) in [4.78, 5) is 0. The first kappa shape index (κ1) is 12.0. The van der Waals surface area contributed by atoms with Gasteiger partial charge in [0.25, 0.3) is 0 Å². The quantitative estimate of drug-likeness (QED) is 0.717. The lowest BCUT2D eigenvalue weighted by Crippen LogP contribution is -2.06. The summed E-state index contributed by atoms with van der Waals surface area (Å²) in [6, 6.07) is 5.43. The van der Waals surface area contributed by atoms with E-state index in [9.17, 15) is 13.2 Å². The fourth-order valence-electron chi connectivity index (χ4n) is 1.92. The fourth-order valence-corrected chi connectivity index (χ4v) is 1.92. The number of rotatable bonds is 2. The van der Waals surface area contributed by atoms with E-state index in [1.54, 1.807) is 12.1 Å². The highest BCUT2D eigenvalue weighted by molar-refractivity contribution is 5.26. The Morgan fingerprint density at radius 3 is 2.29 bits per heavy atom. The summed E-state index contributed by atoms with van der Waals surface area (Å²) in [6.07, 6.45) is 5.65. The van der Waals surface area contributed by atoms with Gasteiger partial charge in [-0.25, -0.2) is 0 Å². The molecule has 1 aliphatic rings. The van der Waals surface area contributed by atoms with Crippen molar-refractivity contribution in [1.29, 1.82) is 0 Å². The molecule has 0 heterocycles. The van der Waals surface area contributed by atoms with Crippen LogP contribution in [0.4, 0.5) is 13.2 Å². The standard InChI is InChI=1S/C14H13F3/c15-14(16,17)13-8-6-12(7-9-13)10-11-4-2-1-3-5-11/h1-4,6-9,11H,5,10H2. The van der Waals surface area contributed by atoms with Crippen molar-refractivity contribution >= 4 is 0 Å². The van der Waals surface area contributed by atoms with Gasteiger partial charge < -0.3 is 0 Å². The van der Waals surface area contributed by atoms with E-state index in [-0.39, 0.29) is 0 Å². The molecular weight excluding hydrogens is 225 g/mol. The summed E-state index contributed by atoms with van der Waals surface area (Å²) in [5, 5.41) is 0. The Balaban J connectivity index is 2.03. The second kappa shape index (κ2) is 4.78. The molecule has 1 unspecified atom stereocenters. The second-order valence-electron chi connectivity index (χ2n) is 4.21. The van der Waals surface area contributed by atoms with E-state index in [4.69, 9.17) is 0 Å². The summed E-state index contributed by atoms with van der Waals surface area (Å²) >= 11 is 0. The molecule has 1 aromatic rings. The topological polar surface area (TPSA) is 0 Å². The van der Waals surface area contributed by atoms with E-state index in [1.807, 2.05) is 12.2 Å². The molecule has 0 saturated heterocycles. The van der Waals surface area contributed by atoms with E-state index in [1.165, 1.54) is 0 Å². The first-order chi connectivity index (χ1) is 8.05. The normalized spacial score (nSPS) is 19.6. The lowest BCUT2D eigenvalue weighted by Gasteiger charge is -2.13. The van der Waals surface area contributed by atoms with Gasteiger partial charge in [0, 0.05) is 0 Å². The van der Waals surface area contributed by atoms with Crippen molar-refractivity contribution in [3.8, 4) is 0 Å². The smallest absolute Gasteiger partial charge is 0.166 e. The average Bonchev–Trinajstić information content (AvgIpc) is 2.30. The van der Waals surface area contributed by atoms with Gasteiger partial charge in [-0.2, -0.15) is 13.2 Å². The van der Waals surface area contributed by atoms with Gasteiger partial charge in [0.05, 0.1) is 5.56 Å². The second-order valence-corrected chi connectivity index (χ2v) is 4.21. The van der Waals surface area contributed by atoms with Gasteiger partial charge in [0.15, 0.2) is 0 Å². The van der Waals surface area contributed by atoms with Crippen LogP contribution in [0.15, 0.2) is 48.6 Å². The van der Waals surface area contributed by atoms with Crippen molar-refractivity contribution < 1.29 is 13.2 Å². The van der Waals surface area contributed by atoms with Gasteiger partial charge in [0.2, 0.25) is 0 Å². The molecule has 0 aromatic heterocycles. The van der Waals surface area contributed by atoms with Crippen molar-refractivity contribution in [2.45, 2.75) is 19.0 Å². The Morgan fingerprint density at radius 1 is 1.06 bits per heavy atom. The summed E-state index contributed by atoms with van der Waals surface area (Å²) in [7, 11) is 0. The van der Waals surface area contributed by atoms with Crippen LogP contribution in [0.3, 0.4) is 0 Å². The van der Waals surface area contributed by atoms with Crippen molar-refractivity contribution in [1.82, 2.24) is 0 Å². The minimum atomic E-state index is -4.24. The Hall–Kier alpha value is -1.51. The van der Waals surface area contributed by atoms with Gasteiger partial charge in [-0.3, -0.25) is 0 Å². The number of benzene rings is 1. The lowest BCUT2D eigenvalue weighted by molar-refractivity contribution is -0.137. The largest absolute Gasteiger partial charge is 0.416 e. The molecule has 0 spiro atoms. The zero-order valence-corrected chi connectivity index (χ0v) is 9.24. The third kappa shape index (κ3) is 3.22. The third-order valence-corrected chi connectivity index (χ3v) is 2.85. The highest BCUT2D eigenvalue weighted by Crippen LogP contribution is 2.29. The number of allylic oxidation sites excluding steroid dienone is 4. The molecule has 0 amide bonds. The van der Waals surface area contributed by atoms with Crippen molar-refractivity contribution in [2.75, 3.05) is 0 Å². The Morgan fingerprint density at radius 2 is 1.76 bits per heavy atom. The maximum atomic E-state index is 12.4. The molecule has 0 bridgehead atoms. The molecule has 17 heavy (non-hydrogen) atoms. The highest BCUT2D eigenvalue weighted by Gasteiger charge is 2.29. The van der Waals surface area contributed by atoms with Gasteiger partial charge in [-0.05, 0) is 36.5 Å². The Bertz CT molecular complexity index is 424. The first-order valence-electron chi connectivity index (χ1n) is 5.55. The zero-order valence-electron chi connectivity index (χ0n) is 9.24. The van der Waals surface area contributed by atoms with Crippen LogP contribution in [0.5, 0.6) is 0 Å². The fraction of sp³-hybridized carbons (Fsp3) is 0.286. The summed E-state index contributed by atoms with van der Waals surface area (Å²) < 4.78 is 37.1. The number of hydrogen-bond donors (Lipinski definition) is 0. The monoisotopic (exact) mass is 238 g/mol. The molecule has 3 heteroatoms. The molecule has 0 aliphatic heterocycles. The summed E-state index contributed by atoms with van der Waals surface area (Å²) in [5.74, 6) is 0.400. The molecule has 1 aromatic carbocycles. The molecule has 1 aliphatic carbocycles. The van der Waals surface area contributed by atoms with Gasteiger partial charge in [0.1, 0.15) is 0 Å². The van der Waals surface area contributed by atoms with Crippen LogP contribution < -0.4 is 0 Å². The molecule has 1 atom stereocenters. The predicted octanol–water partition coefficient (Wildman–Crippen LogP) is 4.38. The minimum absolute atomic E-state index is 0.400. The molecule has 0 fully saturated rings. The maximum Gasteiger partial charge on any atom is 0.416 e. The minimum Gasteiger partial charge on any atom is -0.166 e. The van der Waals surface area contributed by atoms with Crippen molar-refractivity contribution in [2.24, 2.45) is 5.92 Å². The Labute approximate surface area is 98.5 Å². The van der Waals surface area contributed by atoms with Crippen LogP contribution in [0.1, 0.15) is 17.5 Å². The van der Waals surface area contributed by atoms with Gasteiger partial charge in [-0.1, -0.05) is 36.4 Å². The maximum absolute atomic E-state index is 12.4. The van der Waals surface area contributed by atoms with Crippen molar-refractivity contribution in [3.63, 3.8) is 0 Å². The Kier molecular flexibility index (Phi) is 3.36. The SMILES string of the molecule is FC(F)(F)c1ccc(CC2C=CC=CC2)cc1. The number of alkyl halides is 3. The highest BCUT2D eigenvalue weighted by atomic mass is 19.4. The summed E-state index contributed by atoms with van der Waals surface area (Å²) in [6.45, 7) is 0.